The van der Waals surface area contributed by atoms with Gasteiger partial charge in [-0.3, -0.25) is 9.59 Å². The number of rotatable bonds is 5. The smallest absolute Gasteiger partial charge is 0.228 e. The van der Waals surface area contributed by atoms with Crippen LogP contribution in [0.25, 0.3) is 11.0 Å². The molecule has 0 aliphatic carbocycles. The third-order valence-electron chi connectivity index (χ3n) is 3.49. The van der Waals surface area contributed by atoms with Gasteiger partial charge in [0.15, 0.2) is 5.76 Å². The van der Waals surface area contributed by atoms with Crippen molar-refractivity contribution in [2.45, 2.75) is 13.8 Å². The number of ketones is 1. The van der Waals surface area contributed by atoms with E-state index in [0.717, 1.165) is 5.39 Å². The van der Waals surface area contributed by atoms with Crippen molar-refractivity contribution in [3.8, 4) is 5.75 Å². The summed E-state index contributed by atoms with van der Waals surface area (Å²) >= 11 is 0. The van der Waals surface area contributed by atoms with Crippen LogP contribution in [0, 0.1) is 0 Å². The minimum atomic E-state index is -0.210. The molecule has 5 nitrogen and oxygen atoms in total. The van der Waals surface area contributed by atoms with Gasteiger partial charge in [0.2, 0.25) is 11.7 Å². The van der Waals surface area contributed by atoms with Gasteiger partial charge in [-0.2, -0.15) is 0 Å². The maximum Gasteiger partial charge on any atom is 0.228 e. The second-order valence-corrected chi connectivity index (χ2v) is 5.33. The zero-order chi connectivity index (χ0) is 17.1. The molecule has 2 aromatic carbocycles. The van der Waals surface area contributed by atoms with E-state index in [2.05, 4.69) is 5.32 Å². The quantitative estimate of drug-likeness (QED) is 0.720. The molecule has 3 rings (SSSR count). The fourth-order valence-corrected chi connectivity index (χ4v) is 2.43. The Balaban J connectivity index is 1.86. The summed E-state index contributed by atoms with van der Waals surface area (Å²) in [6.45, 7) is 3.91. The fraction of sp³-hybridized carbons (Fsp3) is 0.158. The van der Waals surface area contributed by atoms with Gasteiger partial charge in [-0.15, -0.1) is 0 Å². The Kier molecular flexibility index (Phi) is 4.33. The van der Waals surface area contributed by atoms with Gasteiger partial charge in [0.1, 0.15) is 11.3 Å². The molecule has 0 unspecified atom stereocenters. The Morgan fingerprint density at radius 1 is 1.08 bits per heavy atom. The molecule has 24 heavy (non-hydrogen) atoms. The molecular weight excluding hydrogens is 306 g/mol. The summed E-state index contributed by atoms with van der Waals surface area (Å²) in [5, 5.41) is 3.51. The summed E-state index contributed by atoms with van der Waals surface area (Å²) in [6, 6.07) is 13.9. The Bertz CT molecular complexity index is 893. The van der Waals surface area contributed by atoms with Crippen molar-refractivity contribution in [1.29, 1.82) is 0 Å². The number of nitrogens with one attached hydrogen (secondary N) is 1. The second-order valence-electron chi connectivity index (χ2n) is 5.33. The molecule has 5 heteroatoms. The first-order valence-electron chi connectivity index (χ1n) is 7.65. The van der Waals surface area contributed by atoms with Gasteiger partial charge >= 0.3 is 0 Å². The van der Waals surface area contributed by atoms with Crippen LogP contribution in [-0.2, 0) is 4.79 Å². The van der Waals surface area contributed by atoms with Crippen LogP contribution >= 0.6 is 0 Å². The molecule has 1 N–H and O–H groups in total. The first kappa shape index (κ1) is 15.8. The fourth-order valence-electron chi connectivity index (χ4n) is 2.43. The van der Waals surface area contributed by atoms with Crippen molar-refractivity contribution in [2.24, 2.45) is 0 Å². The highest BCUT2D eigenvalue weighted by atomic mass is 16.5. The van der Waals surface area contributed by atoms with Gasteiger partial charge in [0.25, 0.3) is 0 Å². The Morgan fingerprint density at radius 2 is 1.83 bits per heavy atom. The van der Waals surface area contributed by atoms with Gasteiger partial charge in [0, 0.05) is 29.6 Å². The van der Waals surface area contributed by atoms with E-state index >= 15 is 0 Å². The lowest BCUT2D eigenvalue weighted by molar-refractivity contribution is -0.114. The largest absolute Gasteiger partial charge is 0.494 e. The maximum absolute atomic E-state index is 12.5. The van der Waals surface area contributed by atoms with Crippen LogP contribution in [-0.4, -0.2) is 18.3 Å². The second kappa shape index (κ2) is 6.58. The third-order valence-corrected chi connectivity index (χ3v) is 3.49. The highest BCUT2D eigenvalue weighted by Crippen LogP contribution is 2.26. The SMILES string of the molecule is CCOc1ccc2cc(C(=O)c3ccc(NC(C)=O)cc3)oc2c1. The van der Waals surface area contributed by atoms with Gasteiger partial charge < -0.3 is 14.5 Å². The topological polar surface area (TPSA) is 68.5 Å². The van der Waals surface area contributed by atoms with Crippen molar-refractivity contribution in [3.63, 3.8) is 0 Å². The van der Waals surface area contributed by atoms with Crippen molar-refractivity contribution >= 4 is 28.3 Å². The molecule has 1 aromatic heterocycles. The lowest BCUT2D eigenvalue weighted by Crippen LogP contribution is -2.06. The molecule has 3 aromatic rings. The van der Waals surface area contributed by atoms with Crippen LogP contribution in [0.2, 0.25) is 0 Å². The Labute approximate surface area is 139 Å². The summed E-state index contributed by atoms with van der Waals surface area (Å²) in [4.78, 5) is 23.6. The molecule has 1 heterocycles. The summed E-state index contributed by atoms with van der Waals surface area (Å²) in [5.41, 5.74) is 1.75. The summed E-state index contributed by atoms with van der Waals surface area (Å²) in [7, 11) is 0. The van der Waals surface area contributed by atoms with Gasteiger partial charge in [-0.1, -0.05) is 0 Å². The number of carbonyl (C=O) groups is 2. The van der Waals surface area contributed by atoms with E-state index < -0.39 is 0 Å². The van der Waals surface area contributed by atoms with Crippen LogP contribution in [0.5, 0.6) is 5.75 Å². The molecule has 0 spiro atoms. The van der Waals surface area contributed by atoms with Crippen LogP contribution in [0.15, 0.2) is 52.9 Å². The highest BCUT2D eigenvalue weighted by Gasteiger charge is 2.15. The van der Waals surface area contributed by atoms with E-state index in [-0.39, 0.29) is 17.5 Å². The molecule has 122 valence electrons. The molecule has 1 amide bonds. The molecule has 0 bridgehead atoms. The number of ether oxygens (including phenoxy) is 1. The zero-order valence-electron chi connectivity index (χ0n) is 13.5. The minimum absolute atomic E-state index is 0.156. The van der Waals surface area contributed by atoms with Gasteiger partial charge in [-0.25, -0.2) is 0 Å². The number of hydrogen-bond acceptors (Lipinski definition) is 4. The molecule has 0 radical (unpaired) electrons. The van der Waals surface area contributed by atoms with E-state index in [1.165, 1.54) is 6.92 Å². The number of amides is 1. The monoisotopic (exact) mass is 323 g/mol. The summed E-state index contributed by atoms with van der Waals surface area (Å²) in [6.07, 6.45) is 0. The number of anilines is 1. The van der Waals surface area contributed by atoms with E-state index in [1.807, 2.05) is 19.1 Å². The number of benzene rings is 2. The van der Waals surface area contributed by atoms with Crippen molar-refractivity contribution in [1.82, 2.24) is 0 Å². The lowest BCUT2D eigenvalue weighted by Gasteiger charge is -2.03. The predicted octanol–water partition coefficient (Wildman–Crippen LogP) is 4.02. The third kappa shape index (κ3) is 3.30. The predicted molar refractivity (Wildman–Crippen MR) is 91.6 cm³/mol. The van der Waals surface area contributed by atoms with E-state index in [4.69, 9.17) is 9.15 Å². The first-order chi connectivity index (χ1) is 11.6. The maximum atomic E-state index is 12.5. The zero-order valence-corrected chi connectivity index (χ0v) is 13.5. The molecule has 0 aliphatic heterocycles. The molecule has 0 saturated carbocycles. The number of hydrogen-bond donors (Lipinski definition) is 1. The van der Waals surface area contributed by atoms with Crippen LogP contribution in [0.1, 0.15) is 30.0 Å². The number of carbonyl (C=O) groups excluding carboxylic acids is 2. The number of furan rings is 1. The molecule has 0 fully saturated rings. The van der Waals surface area contributed by atoms with E-state index in [0.29, 0.717) is 29.2 Å². The minimum Gasteiger partial charge on any atom is -0.494 e. The summed E-state index contributed by atoms with van der Waals surface area (Å²) < 4.78 is 11.1. The highest BCUT2D eigenvalue weighted by molar-refractivity contribution is 6.09. The van der Waals surface area contributed by atoms with Crippen LogP contribution < -0.4 is 10.1 Å². The van der Waals surface area contributed by atoms with Crippen LogP contribution in [0.4, 0.5) is 5.69 Å². The standard InChI is InChI=1S/C19H17NO4/c1-3-23-16-9-6-14-10-18(24-17(14)11-16)19(22)13-4-7-15(8-5-13)20-12(2)21/h4-11H,3H2,1-2H3,(H,20,21). The van der Waals surface area contributed by atoms with Crippen molar-refractivity contribution < 1.29 is 18.7 Å². The van der Waals surface area contributed by atoms with Crippen LogP contribution in [0.3, 0.4) is 0 Å². The molecular formula is C19H17NO4. The van der Waals surface area contributed by atoms with Crippen molar-refractivity contribution in [2.75, 3.05) is 11.9 Å². The Morgan fingerprint density at radius 3 is 2.50 bits per heavy atom. The summed E-state index contributed by atoms with van der Waals surface area (Å²) in [5.74, 6) is 0.610. The first-order valence-corrected chi connectivity index (χ1v) is 7.65. The average Bonchev–Trinajstić information content (AvgIpc) is 2.98. The van der Waals surface area contributed by atoms with Gasteiger partial charge in [0.05, 0.1) is 6.61 Å². The average molecular weight is 323 g/mol. The van der Waals surface area contributed by atoms with Gasteiger partial charge in [-0.05, 0) is 49.4 Å². The molecule has 0 atom stereocenters. The normalized spacial score (nSPS) is 10.6. The number of fused-ring (bicyclic) bond motifs is 1. The van der Waals surface area contributed by atoms with Crippen molar-refractivity contribution in [3.05, 3.63) is 59.9 Å². The van der Waals surface area contributed by atoms with E-state index in [1.54, 1.807) is 36.4 Å². The molecule has 0 saturated heterocycles. The van der Waals surface area contributed by atoms with E-state index in [9.17, 15) is 9.59 Å². The molecule has 0 aliphatic rings. The Hall–Kier alpha value is -3.08. The lowest BCUT2D eigenvalue weighted by atomic mass is 10.1.